The van der Waals surface area contributed by atoms with E-state index in [1.54, 1.807) is 13.3 Å². The molecule has 1 aliphatic heterocycles. The summed E-state index contributed by atoms with van der Waals surface area (Å²) in [6.07, 6.45) is 3.83. The SMILES string of the molecule is COc1ccc([C@@](C)(O)[C@@H]2CCCN2Cc2cnoc2C)cc1. The Labute approximate surface area is 136 Å². The first-order valence-electron chi connectivity index (χ1n) is 8.03. The topological polar surface area (TPSA) is 58.7 Å². The fourth-order valence-corrected chi connectivity index (χ4v) is 3.46. The van der Waals surface area contributed by atoms with Gasteiger partial charge in [-0.3, -0.25) is 4.90 Å². The number of methoxy groups -OCH3 is 1. The number of likely N-dealkylation sites (tertiary alicyclic amines) is 1. The van der Waals surface area contributed by atoms with E-state index in [2.05, 4.69) is 10.1 Å². The van der Waals surface area contributed by atoms with Crippen LogP contribution in [0.2, 0.25) is 0 Å². The van der Waals surface area contributed by atoms with E-state index < -0.39 is 5.60 Å². The first-order valence-corrected chi connectivity index (χ1v) is 8.03. The Morgan fingerprint density at radius 3 is 2.74 bits per heavy atom. The summed E-state index contributed by atoms with van der Waals surface area (Å²) >= 11 is 0. The number of rotatable bonds is 5. The van der Waals surface area contributed by atoms with Crippen molar-refractivity contribution in [2.45, 2.75) is 44.9 Å². The van der Waals surface area contributed by atoms with Crippen molar-refractivity contribution in [3.8, 4) is 5.75 Å². The third kappa shape index (κ3) is 3.12. The number of ether oxygens (including phenoxy) is 1. The number of aromatic nitrogens is 1. The van der Waals surface area contributed by atoms with E-state index in [0.717, 1.165) is 48.6 Å². The van der Waals surface area contributed by atoms with Gasteiger partial charge >= 0.3 is 0 Å². The van der Waals surface area contributed by atoms with Crippen LogP contribution < -0.4 is 4.74 Å². The Morgan fingerprint density at radius 1 is 1.39 bits per heavy atom. The first-order chi connectivity index (χ1) is 11.0. The third-order valence-corrected chi connectivity index (χ3v) is 4.91. The molecular formula is C18H24N2O3. The zero-order valence-electron chi connectivity index (χ0n) is 14.0. The van der Waals surface area contributed by atoms with Crippen LogP contribution in [0.15, 0.2) is 35.0 Å². The largest absolute Gasteiger partial charge is 0.497 e. The molecule has 2 heterocycles. The number of benzene rings is 1. The normalized spacial score (nSPS) is 21.3. The van der Waals surface area contributed by atoms with Crippen molar-refractivity contribution in [3.05, 3.63) is 47.3 Å². The number of hydrogen-bond acceptors (Lipinski definition) is 5. The zero-order valence-corrected chi connectivity index (χ0v) is 14.0. The molecule has 0 unspecified atom stereocenters. The highest BCUT2D eigenvalue weighted by atomic mass is 16.5. The molecule has 2 atom stereocenters. The molecule has 1 saturated heterocycles. The Balaban J connectivity index is 1.80. The van der Waals surface area contributed by atoms with Gasteiger partial charge in [-0.2, -0.15) is 0 Å². The van der Waals surface area contributed by atoms with E-state index in [-0.39, 0.29) is 6.04 Å². The Hall–Kier alpha value is -1.85. The highest BCUT2D eigenvalue weighted by Crippen LogP contribution is 2.36. The maximum absolute atomic E-state index is 11.2. The van der Waals surface area contributed by atoms with Gasteiger partial charge in [0.25, 0.3) is 0 Å². The zero-order chi connectivity index (χ0) is 16.4. The van der Waals surface area contributed by atoms with Crippen molar-refractivity contribution in [1.82, 2.24) is 10.1 Å². The average Bonchev–Trinajstić information content (AvgIpc) is 3.18. The van der Waals surface area contributed by atoms with Crippen LogP contribution in [-0.4, -0.2) is 34.9 Å². The highest BCUT2D eigenvalue weighted by molar-refractivity contribution is 5.32. The minimum absolute atomic E-state index is 0.0743. The lowest BCUT2D eigenvalue weighted by Crippen LogP contribution is -2.45. The fraction of sp³-hybridized carbons (Fsp3) is 0.500. The van der Waals surface area contributed by atoms with Crippen LogP contribution in [0.5, 0.6) is 5.75 Å². The van der Waals surface area contributed by atoms with Gasteiger partial charge in [0, 0.05) is 18.2 Å². The molecule has 0 amide bonds. The van der Waals surface area contributed by atoms with Crippen LogP contribution in [-0.2, 0) is 12.1 Å². The summed E-state index contributed by atoms with van der Waals surface area (Å²) in [5, 5.41) is 15.0. The average molecular weight is 316 g/mol. The monoisotopic (exact) mass is 316 g/mol. The molecule has 1 fully saturated rings. The van der Waals surface area contributed by atoms with Gasteiger partial charge < -0.3 is 14.4 Å². The molecule has 5 heteroatoms. The van der Waals surface area contributed by atoms with Crippen molar-refractivity contribution < 1.29 is 14.4 Å². The van der Waals surface area contributed by atoms with Crippen LogP contribution in [0, 0.1) is 6.92 Å². The smallest absolute Gasteiger partial charge is 0.138 e. The molecule has 23 heavy (non-hydrogen) atoms. The summed E-state index contributed by atoms with van der Waals surface area (Å²) in [5.74, 6) is 1.65. The van der Waals surface area contributed by atoms with E-state index in [9.17, 15) is 5.11 Å². The lowest BCUT2D eigenvalue weighted by molar-refractivity contribution is -0.0255. The second kappa shape index (κ2) is 6.34. The standard InChI is InChI=1S/C18H24N2O3/c1-13-14(11-19-23-13)12-20-10-4-5-17(20)18(2,21)15-6-8-16(22-3)9-7-15/h6-9,11,17,21H,4-5,10,12H2,1-3H3/t17-,18+/m0/s1. The molecular weight excluding hydrogens is 292 g/mol. The summed E-state index contributed by atoms with van der Waals surface area (Å²) in [6.45, 7) is 5.56. The van der Waals surface area contributed by atoms with Crippen LogP contribution in [0.4, 0.5) is 0 Å². The number of hydrogen-bond donors (Lipinski definition) is 1. The molecule has 0 bridgehead atoms. The van der Waals surface area contributed by atoms with Gasteiger partial charge in [-0.05, 0) is 50.9 Å². The van der Waals surface area contributed by atoms with Gasteiger partial charge in [0.2, 0.25) is 0 Å². The van der Waals surface area contributed by atoms with Crippen LogP contribution in [0.3, 0.4) is 0 Å². The summed E-state index contributed by atoms with van der Waals surface area (Å²) in [5.41, 5.74) is 1.09. The molecule has 0 radical (unpaired) electrons. The van der Waals surface area contributed by atoms with Gasteiger partial charge in [-0.1, -0.05) is 17.3 Å². The Bertz CT molecular complexity index is 649. The minimum Gasteiger partial charge on any atom is -0.497 e. The van der Waals surface area contributed by atoms with Crippen molar-refractivity contribution in [1.29, 1.82) is 0 Å². The van der Waals surface area contributed by atoms with E-state index in [4.69, 9.17) is 9.26 Å². The van der Waals surface area contributed by atoms with Crippen molar-refractivity contribution in [2.24, 2.45) is 0 Å². The van der Waals surface area contributed by atoms with Crippen LogP contribution >= 0.6 is 0 Å². The van der Waals surface area contributed by atoms with Crippen LogP contribution in [0.1, 0.15) is 36.7 Å². The predicted molar refractivity (Wildman–Crippen MR) is 87.2 cm³/mol. The highest BCUT2D eigenvalue weighted by Gasteiger charge is 2.40. The van der Waals surface area contributed by atoms with Gasteiger partial charge in [-0.25, -0.2) is 0 Å². The molecule has 1 aliphatic rings. The maximum Gasteiger partial charge on any atom is 0.138 e. The summed E-state index contributed by atoms with van der Waals surface area (Å²) in [6, 6.07) is 7.76. The van der Waals surface area contributed by atoms with E-state index in [1.807, 2.05) is 38.1 Å². The summed E-state index contributed by atoms with van der Waals surface area (Å²) in [4.78, 5) is 2.32. The van der Waals surface area contributed by atoms with E-state index >= 15 is 0 Å². The van der Waals surface area contributed by atoms with E-state index in [1.165, 1.54) is 0 Å². The lowest BCUT2D eigenvalue weighted by Gasteiger charge is -2.37. The molecule has 5 nitrogen and oxygen atoms in total. The van der Waals surface area contributed by atoms with Crippen LogP contribution in [0.25, 0.3) is 0 Å². The number of aryl methyl sites for hydroxylation is 1. The minimum atomic E-state index is -0.909. The van der Waals surface area contributed by atoms with Gasteiger partial charge in [0.05, 0.1) is 13.3 Å². The first kappa shape index (κ1) is 16.0. The molecule has 1 N–H and O–H groups in total. The molecule has 3 rings (SSSR count). The Kier molecular flexibility index (Phi) is 4.41. The molecule has 0 spiro atoms. The number of nitrogens with zero attached hydrogens (tertiary/aromatic N) is 2. The lowest BCUT2D eigenvalue weighted by atomic mass is 9.86. The second-order valence-electron chi connectivity index (χ2n) is 6.41. The van der Waals surface area contributed by atoms with Crippen molar-refractivity contribution >= 4 is 0 Å². The van der Waals surface area contributed by atoms with Gasteiger partial charge in [0.15, 0.2) is 0 Å². The third-order valence-electron chi connectivity index (χ3n) is 4.91. The van der Waals surface area contributed by atoms with Crippen molar-refractivity contribution in [3.63, 3.8) is 0 Å². The second-order valence-corrected chi connectivity index (χ2v) is 6.41. The summed E-state index contributed by atoms with van der Waals surface area (Å²) in [7, 11) is 1.65. The molecule has 1 aromatic carbocycles. The summed E-state index contributed by atoms with van der Waals surface area (Å²) < 4.78 is 10.4. The Morgan fingerprint density at radius 2 is 2.13 bits per heavy atom. The van der Waals surface area contributed by atoms with Crippen molar-refractivity contribution in [2.75, 3.05) is 13.7 Å². The molecule has 2 aromatic rings. The van der Waals surface area contributed by atoms with E-state index in [0.29, 0.717) is 0 Å². The predicted octanol–water partition coefficient (Wildman–Crippen LogP) is 2.86. The quantitative estimate of drug-likeness (QED) is 0.919. The molecule has 124 valence electrons. The molecule has 0 aliphatic carbocycles. The molecule has 0 saturated carbocycles. The maximum atomic E-state index is 11.2. The molecule has 1 aromatic heterocycles. The fourth-order valence-electron chi connectivity index (χ4n) is 3.46. The number of aliphatic hydroxyl groups is 1. The van der Waals surface area contributed by atoms with Gasteiger partial charge in [0.1, 0.15) is 17.1 Å². The van der Waals surface area contributed by atoms with Gasteiger partial charge in [-0.15, -0.1) is 0 Å².